The highest BCUT2D eigenvalue weighted by Crippen LogP contribution is 2.35. The van der Waals surface area contributed by atoms with Crippen molar-refractivity contribution in [2.45, 2.75) is 6.92 Å². The first-order valence-electron chi connectivity index (χ1n) is 8.68. The van der Waals surface area contributed by atoms with Gasteiger partial charge in [0.2, 0.25) is 0 Å². The van der Waals surface area contributed by atoms with Crippen molar-refractivity contribution in [1.82, 2.24) is 0 Å². The van der Waals surface area contributed by atoms with Crippen LogP contribution in [0.3, 0.4) is 0 Å². The van der Waals surface area contributed by atoms with Gasteiger partial charge in [-0.2, -0.15) is 0 Å². The molecule has 0 saturated carbocycles. The van der Waals surface area contributed by atoms with E-state index in [1.807, 2.05) is 25.1 Å². The maximum atomic E-state index is 13.4. The fraction of sp³-hybridized carbons (Fsp3) is 0.0435. The SMILES string of the molecule is Cc1cccc(N2C(=O)/C(=C/c3cccc(Cl)c3Cl)c3ccccc3C2=O)c1. The Kier molecular flexibility index (Phi) is 4.80. The van der Waals surface area contributed by atoms with Crippen LogP contribution in [0.15, 0.2) is 66.7 Å². The van der Waals surface area contributed by atoms with E-state index in [4.69, 9.17) is 23.2 Å². The normalized spacial score (nSPS) is 15.1. The van der Waals surface area contributed by atoms with E-state index in [1.165, 1.54) is 4.90 Å². The van der Waals surface area contributed by atoms with E-state index in [0.29, 0.717) is 38.0 Å². The molecule has 0 spiro atoms. The van der Waals surface area contributed by atoms with E-state index >= 15 is 0 Å². The molecule has 0 aliphatic carbocycles. The highest BCUT2D eigenvalue weighted by molar-refractivity contribution is 6.45. The Morgan fingerprint density at radius 3 is 2.29 bits per heavy atom. The molecule has 3 nitrogen and oxygen atoms in total. The van der Waals surface area contributed by atoms with Gasteiger partial charge in [0.15, 0.2) is 0 Å². The first kappa shape index (κ1) is 18.5. The van der Waals surface area contributed by atoms with Crippen LogP contribution in [-0.4, -0.2) is 11.8 Å². The molecule has 5 heteroatoms. The fourth-order valence-electron chi connectivity index (χ4n) is 3.28. The molecule has 0 N–H and O–H groups in total. The predicted molar refractivity (Wildman–Crippen MR) is 114 cm³/mol. The summed E-state index contributed by atoms with van der Waals surface area (Å²) in [5.74, 6) is -0.745. The lowest BCUT2D eigenvalue weighted by Gasteiger charge is -2.29. The van der Waals surface area contributed by atoms with Crippen molar-refractivity contribution in [2.24, 2.45) is 0 Å². The number of nitrogens with zero attached hydrogens (tertiary/aromatic N) is 1. The van der Waals surface area contributed by atoms with Crippen LogP contribution in [0.2, 0.25) is 10.0 Å². The molecular formula is C23H15Cl2NO2. The molecule has 1 heterocycles. The van der Waals surface area contributed by atoms with Crippen LogP contribution in [0.1, 0.15) is 27.0 Å². The molecule has 1 aliphatic heterocycles. The first-order chi connectivity index (χ1) is 13.5. The van der Waals surface area contributed by atoms with Crippen molar-refractivity contribution in [3.05, 3.63) is 99.0 Å². The van der Waals surface area contributed by atoms with Gasteiger partial charge in [-0.05, 0) is 54.0 Å². The smallest absolute Gasteiger partial charge is 0.265 e. The Labute approximate surface area is 172 Å². The second-order valence-electron chi connectivity index (χ2n) is 6.53. The molecule has 0 unspecified atom stereocenters. The summed E-state index contributed by atoms with van der Waals surface area (Å²) in [6.45, 7) is 1.92. The van der Waals surface area contributed by atoms with E-state index in [-0.39, 0.29) is 5.91 Å². The maximum absolute atomic E-state index is 13.4. The standard InChI is InChI=1S/C23H15Cl2NO2/c1-14-6-4-8-16(12-14)26-22(27)18-10-3-2-9-17(18)19(23(26)28)13-15-7-5-11-20(24)21(15)25/h2-13H,1H3/b19-13+. The number of imide groups is 1. The molecule has 0 aromatic heterocycles. The second-order valence-corrected chi connectivity index (χ2v) is 7.32. The molecule has 2 amide bonds. The number of hydrogen-bond acceptors (Lipinski definition) is 2. The number of carbonyl (C=O) groups is 2. The lowest BCUT2D eigenvalue weighted by Crippen LogP contribution is -2.41. The molecule has 1 aliphatic rings. The Hall–Kier alpha value is -2.88. The van der Waals surface area contributed by atoms with Crippen molar-refractivity contribution in [1.29, 1.82) is 0 Å². The van der Waals surface area contributed by atoms with Crippen LogP contribution in [0.5, 0.6) is 0 Å². The van der Waals surface area contributed by atoms with Gasteiger partial charge in [-0.1, -0.05) is 65.7 Å². The van der Waals surface area contributed by atoms with Gasteiger partial charge in [0.05, 0.1) is 15.7 Å². The highest BCUT2D eigenvalue weighted by Gasteiger charge is 2.35. The molecule has 3 aromatic rings. The third kappa shape index (κ3) is 3.13. The zero-order valence-corrected chi connectivity index (χ0v) is 16.5. The minimum Gasteiger partial charge on any atom is -0.268 e. The van der Waals surface area contributed by atoms with Gasteiger partial charge >= 0.3 is 0 Å². The monoisotopic (exact) mass is 407 g/mol. The number of amides is 2. The molecule has 138 valence electrons. The number of rotatable bonds is 2. The summed E-state index contributed by atoms with van der Waals surface area (Å²) in [6, 6.07) is 19.6. The lowest BCUT2D eigenvalue weighted by molar-refractivity contribution is -0.112. The third-order valence-corrected chi connectivity index (χ3v) is 5.46. The average Bonchev–Trinajstić information content (AvgIpc) is 2.68. The van der Waals surface area contributed by atoms with Crippen molar-refractivity contribution in [3.63, 3.8) is 0 Å². The van der Waals surface area contributed by atoms with Gasteiger partial charge in [-0.3, -0.25) is 9.59 Å². The van der Waals surface area contributed by atoms with Crippen LogP contribution < -0.4 is 4.90 Å². The summed E-state index contributed by atoms with van der Waals surface area (Å²) >= 11 is 12.4. The molecule has 0 atom stereocenters. The van der Waals surface area contributed by atoms with Gasteiger partial charge < -0.3 is 0 Å². The molecule has 0 radical (unpaired) electrons. The first-order valence-corrected chi connectivity index (χ1v) is 9.43. The Bertz CT molecular complexity index is 1150. The van der Waals surface area contributed by atoms with Crippen molar-refractivity contribution < 1.29 is 9.59 Å². The zero-order chi connectivity index (χ0) is 19.8. The van der Waals surface area contributed by atoms with Gasteiger partial charge in [0.1, 0.15) is 0 Å². The van der Waals surface area contributed by atoms with Crippen LogP contribution in [0.25, 0.3) is 11.6 Å². The van der Waals surface area contributed by atoms with E-state index in [2.05, 4.69) is 0 Å². The molecule has 28 heavy (non-hydrogen) atoms. The topological polar surface area (TPSA) is 37.4 Å². The molecule has 0 saturated heterocycles. The van der Waals surface area contributed by atoms with E-state index in [0.717, 1.165) is 5.56 Å². The Balaban J connectivity index is 1.94. The maximum Gasteiger partial charge on any atom is 0.265 e. The zero-order valence-electron chi connectivity index (χ0n) is 14.9. The Morgan fingerprint density at radius 1 is 0.821 bits per heavy atom. The number of anilines is 1. The summed E-state index contributed by atoms with van der Waals surface area (Å²) in [5.41, 5.74) is 3.55. The second kappa shape index (κ2) is 7.27. The third-order valence-electron chi connectivity index (χ3n) is 4.63. The van der Waals surface area contributed by atoms with Crippen LogP contribution in [0.4, 0.5) is 5.69 Å². The van der Waals surface area contributed by atoms with E-state index in [1.54, 1.807) is 54.6 Å². The fourth-order valence-corrected chi connectivity index (χ4v) is 3.64. The quantitative estimate of drug-likeness (QED) is 0.384. The van der Waals surface area contributed by atoms with E-state index in [9.17, 15) is 9.59 Å². The highest BCUT2D eigenvalue weighted by atomic mass is 35.5. The van der Waals surface area contributed by atoms with Gasteiger partial charge in [-0.25, -0.2) is 4.90 Å². The van der Waals surface area contributed by atoms with Gasteiger partial charge in [0.25, 0.3) is 11.8 Å². The molecule has 0 fully saturated rings. The van der Waals surface area contributed by atoms with E-state index < -0.39 is 5.91 Å². The summed E-state index contributed by atoms with van der Waals surface area (Å²) in [5, 5.41) is 0.764. The number of carbonyl (C=O) groups excluding carboxylic acids is 2. The van der Waals surface area contributed by atoms with Crippen molar-refractivity contribution >= 4 is 52.4 Å². The summed E-state index contributed by atoms with van der Waals surface area (Å²) in [4.78, 5) is 27.7. The molecular weight excluding hydrogens is 393 g/mol. The van der Waals surface area contributed by atoms with Gasteiger partial charge in [0, 0.05) is 11.1 Å². The average molecular weight is 408 g/mol. The largest absolute Gasteiger partial charge is 0.268 e. The summed E-state index contributed by atoms with van der Waals surface area (Å²) < 4.78 is 0. The van der Waals surface area contributed by atoms with Crippen LogP contribution in [-0.2, 0) is 4.79 Å². The molecule has 4 rings (SSSR count). The Morgan fingerprint density at radius 2 is 1.54 bits per heavy atom. The lowest BCUT2D eigenvalue weighted by atomic mass is 9.91. The molecule has 0 bridgehead atoms. The number of halogens is 2. The van der Waals surface area contributed by atoms with Crippen LogP contribution in [0, 0.1) is 6.92 Å². The summed E-state index contributed by atoms with van der Waals surface area (Å²) in [6.07, 6.45) is 1.69. The number of aryl methyl sites for hydroxylation is 1. The van der Waals surface area contributed by atoms with Gasteiger partial charge in [-0.15, -0.1) is 0 Å². The summed E-state index contributed by atoms with van der Waals surface area (Å²) in [7, 11) is 0. The minimum atomic E-state index is -0.398. The number of benzene rings is 3. The van der Waals surface area contributed by atoms with Crippen molar-refractivity contribution in [3.8, 4) is 0 Å². The van der Waals surface area contributed by atoms with Crippen LogP contribution >= 0.6 is 23.2 Å². The predicted octanol–water partition coefficient (Wildman–Crippen LogP) is 6.03. The molecule has 3 aromatic carbocycles. The minimum absolute atomic E-state index is 0.347. The number of hydrogen-bond donors (Lipinski definition) is 0. The van der Waals surface area contributed by atoms with Crippen molar-refractivity contribution in [2.75, 3.05) is 4.90 Å². The number of fused-ring (bicyclic) bond motifs is 1.